The van der Waals surface area contributed by atoms with E-state index in [1.54, 1.807) is 0 Å². The number of rotatable bonds is 2. The quantitative estimate of drug-likeness (QED) is 0.809. The third-order valence-electron chi connectivity index (χ3n) is 3.36. The number of hydrogen-bond donors (Lipinski definition) is 0. The number of pyridine rings is 1. The van der Waals surface area contributed by atoms with Crippen molar-refractivity contribution in [3.8, 4) is 0 Å². The molecule has 0 aliphatic carbocycles. The van der Waals surface area contributed by atoms with Gasteiger partial charge in [-0.15, -0.1) is 5.10 Å². The third kappa shape index (κ3) is 2.06. The van der Waals surface area contributed by atoms with Crippen molar-refractivity contribution in [2.75, 3.05) is 11.4 Å². The second-order valence-electron chi connectivity index (χ2n) is 4.64. The minimum Gasteiger partial charge on any atom is -0.347 e. The molecule has 92 valence electrons. The van der Waals surface area contributed by atoms with Crippen LogP contribution >= 0.6 is 0 Å². The van der Waals surface area contributed by atoms with Gasteiger partial charge in [-0.25, -0.2) is 0 Å². The van der Waals surface area contributed by atoms with Gasteiger partial charge in [-0.1, -0.05) is 6.07 Å². The van der Waals surface area contributed by atoms with Crippen LogP contribution in [-0.2, 0) is 0 Å². The molecule has 0 aromatic carbocycles. The smallest absolute Gasteiger partial charge is 0.151 e. The molecule has 0 saturated carbocycles. The molecule has 2 aromatic rings. The summed E-state index contributed by atoms with van der Waals surface area (Å²) in [4.78, 5) is 6.76. The Balaban J connectivity index is 1.90. The Morgan fingerprint density at radius 1 is 1.17 bits per heavy atom. The molecule has 0 spiro atoms. The molecule has 0 unspecified atom stereocenters. The zero-order chi connectivity index (χ0) is 12.4. The Labute approximate surface area is 107 Å². The van der Waals surface area contributed by atoms with Gasteiger partial charge in [0.1, 0.15) is 0 Å². The molecule has 18 heavy (non-hydrogen) atoms. The summed E-state index contributed by atoms with van der Waals surface area (Å²) in [7, 11) is 0. The maximum absolute atomic E-state index is 4.46. The van der Waals surface area contributed by atoms with E-state index < -0.39 is 0 Å². The van der Waals surface area contributed by atoms with Gasteiger partial charge in [-0.3, -0.25) is 4.98 Å². The van der Waals surface area contributed by atoms with Crippen LogP contribution in [0.15, 0.2) is 36.5 Å². The van der Waals surface area contributed by atoms with Crippen LogP contribution in [0.1, 0.15) is 30.3 Å². The maximum Gasteiger partial charge on any atom is 0.151 e. The van der Waals surface area contributed by atoms with Crippen LogP contribution in [0.2, 0.25) is 0 Å². The average Bonchev–Trinajstić information content (AvgIpc) is 2.90. The molecular formula is C14H16N4. The molecule has 0 amide bonds. The second-order valence-corrected chi connectivity index (χ2v) is 4.64. The molecule has 1 saturated heterocycles. The lowest BCUT2D eigenvalue weighted by molar-refractivity contribution is 0.682. The molecule has 4 nitrogen and oxygen atoms in total. The normalized spacial score (nSPS) is 19.2. The van der Waals surface area contributed by atoms with Crippen molar-refractivity contribution in [1.82, 2.24) is 15.2 Å². The van der Waals surface area contributed by atoms with Crippen LogP contribution < -0.4 is 4.90 Å². The Hall–Kier alpha value is -1.97. The first-order valence-corrected chi connectivity index (χ1v) is 6.32. The molecule has 0 N–H and O–H groups in total. The Morgan fingerprint density at radius 3 is 2.83 bits per heavy atom. The van der Waals surface area contributed by atoms with E-state index in [9.17, 15) is 0 Å². The van der Waals surface area contributed by atoms with Crippen LogP contribution in [0.4, 0.5) is 5.82 Å². The Morgan fingerprint density at radius 2 is 2.11 bits per heavy atom. The summed E-state index contributed by atoms with van der Waals surface area (Å²) >= 11 is 0. The van der Waals surface area contributed by atoms with E-state index in [1.807, 2.05) is 37.4 Å². The molecular weight excluding hydrogens is 224 g/mol. The topological polar surface area (TPSA) is 41.9 Å². The van der Waals surface area contributed by atoms with Gasteiger partial charge in [0.2, 0.25) is 0 Å². The number of nitrogens with zero attached hydrogens (tertiary/aromatic N) is 4. The van der Waals surface area contributed by atoms with Crippen LogP contribution in [0.25, 0.3) is 0 Å². The summed E-state index contributed by atoms with van der Waals surface area (Å²) in [5.41, 5.74) is 2.07. The van der Waals surface area contributed by atoms with Crippen molar-refractivity contribution in [3.63, 3.8) is 0 Å². The van der Waals surface area contributed by atoms with Crippen LogP contribution in [0.5, 0.6) is 0 Å². The number of aromatic nitrogens is 3. The molecule has 1 aliphatic rings. The molecule has 0 bridgehead atoms. The molecule has 1 fully saturated rings. The van der Waals surface area contributed by atoms with Gasteiger partial charge in [0.15, 0.2) is 5.82 Å². The highest BCUT2D eigenvalue weighted by molar-refractivity contribution is 5.42. The Kier molecular flexibility index (Phi) is 2.92. The van der Waals surface area contributed by atoms with E-state index in [1.165, 1.54) is 6.42 Å². The highest BCUT2D eigenvalue weighted by atomic mass is 15.3. The first-order valence-electron chi connectivity index (χ1n) is 6.32. The summed E-state index contributed by atoms with van der Waals surface area (Å²) in [5.74, 6) is 0.953. The third-order valence-corrected chi connectivity index (χ3v) is 3.36. The Bertz CT molecular complexity index is 509. The molecule has 1 aliphatic heterocycles. The van der Waals surface area contributed by atoms with Crippen molar-refractivity contribution < 1.29 is 0 Å². The van der Waals surface area contributed by atoms with Gasteiger partial charge >= 0.3 is 0 Å². The lowest BCUT2D eigenvalue weighted by Gasteiger charge is -2.24. The zero-order valence-corrected chi connectivity index (χ0v) is 10.5. The van der Waals surface area contributed by atoms with Crippen LogP contribution in [0, 0.1) is 6.92 Å². The van der Waals surface area contributed by atoms with E-state index in [0.717, 1.165) is 30.2 Å². The highest BCUT2D eigenvalue weighted by Crippen LogP contribution is 2.33. The maximum atomic E-state index is 4.46. The minimum atomic E-state index is 0.336. The van der Waals surface area contributed by atoms with Crippen LogP contribution in [-0.4, -0.2) is 21.7 Å². The molecule has 2 aromatic heterocycles. The van der Waals surface area contributed by atoms with Crippen LogP contribution in [0.3, 0.4) is 0 Å². The molecule has 1 atom stereocenters. The van der Waals surface area contributed by atoms with Crippen molar-refractivity contribution in [3.05, 3.63) is 47.9 Å². The van der Waals surface area contributed by atoms with E-state index in [-0.39, 0.29) is 0 Å². The van der Waals surface area contributed by atoms with Crippen molar-refractivity contribution in [1.29, 1.82) is 0 Å². The SMILES string of the molecule is Cc1ccc(N2CCC[C@H]2c2ccccn2)nn1. The fourth-order valence-corrected chi connectivity index (χ4v) is 2.47. The van der Waals surface area contributed by atoms with Crippen molar-refractivity contribution in [2.45, 2.75) is 25.8 Å². The summed E-state index contributed by atoms with van der Waals surface area (Å²) in [6.45, 7) is 2.98. The minimum absolute atomic E-state index is 0.336. The second kappa shape index (κ2) is 4.72. The average molecular weight is 240 g/mol. The summed E-state index contributed by atoms with van der Waals surface area (Å²) in [5, 5.41) is 8.42. The fourth-order valence-electron chi connectivity index (χ4n) is 2.47. The first kappa shape index (κ1) is 11.1. The number of aryl methyl sites for hydroxylation is 1. The standard InChI is InChI=1S/C14H16N4/c1-11-7-8-14(17-16-11)18-10-4-6-13(18)12-5-2-3-9-15-12/h2-3,5,7-9,13H,4,6,10H2,1H3/t13-/m0/s1. The highest BCUT2D eigenvalue weighted by Gasteiger charge is 2.27. The van der Waals surface area contributed by atoms with E-state index in [4.69, 9.17) is 0 Å². The molecule has 3 heterocycles. The largest absolute Gasteiger partial charge is 0.347 e. The predicted octanol–water partition coefficient (Wildman–Crippen LogP) is 2.52. The van der Waals surface area contributed by atoms with Gasteiger partial charge < -0.3 is 4.90 Å². The summed E-state index contributed by atoms with van der Waals surface area (Å²) in [6.07, 6.45) is 4.16. The fraction of sp³-hybridized carbons (Fsp3) is 0.357. The summed E-state index contributed by atoms with van der Waals surface area (Å²) in [6, 6.07) is 10.5. The van der Waals surface area contributed by atoms with E-state index in [0.29, 0.717) is 6.04 Å². The van der Waals surface area contributed by atoms with Gasteiger partial charge in [-0.05, 0) is 44.0 Å². The summed E-state index contributed by atoms with van der Waals surface area (Å²) < 4.78 is 0. The first-order chi connectivity index (χ1) is 8.84. The lowest BCUT2D eigenvalue weighted by atomic mass is 10.1. The number of anilines is 1. The number of hydrogen-bond acceptors (Lipinski definition) is 4. The predicted molar refractivity (Wildman–Crippen MR) is 70.3 cm³/mol. The van der Waals surface area contributed by atoms with Crippen molar-refractivity contribution in [2.24, 2.45) is 0 Å². The zero-order valence-electron chi connectivity index (χ0n) is 10.5. The van der Waals surface area contributed by atoms with Gasteiger partial charge in [0, 0.05) is 12.7 Å². The van der Waals surface area contributed by atoms with Crippen molar-refractivity contribution >= 4 is 5.82 Å². The molecule has 3 rings (SSSR count). The van der Waals surface area contributed by atoms with Gasteiger partial charge in [0.25, 0.3) is 0 Å². The van der Waals surface area contributed by atoms with E-state index in [2.05, 4.69) is 26.1 Å². The van der Waals surface area contributed by atoms with Gasteiger partial charge in [0.05, 0.1) is 17.4 Å². The molecule has 0 radical (unpaired) electrons. The monoisotopic (exact) mass is 240 g/mol. The molecule has 4 heteroatoms. The van der Waals surface area contributed by atoms with Gasteiger partial charge in [-0.2, -0.15) is 5.10 Å². The van der Waals surface area contributed by atoms with E-state index >= 15 is 0 Å². The lowest BCUT2D eigenvalue weighted by Crippen LogP contribution is -2.24.